The molecule has 0 bridgehead atoms. The topological polar surface area (TPSA) is 73.2 Å². The van der Waals surface area contributed by atoms with Crippen LogP contribution >= 0.6 is 0 Å². The van der Waals surface area contributed by atoms with E-state index in [-0.39, 0.29) is 18.0 Å². The fourth-order valence-electron chi connectivity index (χ4n) is 1.82. The van der Waals surface area contributed by atoms with E-state index < -0.39 is 23.2 Å². The Labute approximate surface area is 128 Å². The Balaban J connectivity index is 2.23. The van der Waals surface area contributed by atoms with Crippen molar-refractivity contribution in [3.05, 3.63) is 52.7 Å². The second kappa shape index (κ2) is 6.51. The minimum Gasteiger partial charge on any atom is -0.495 e. The number of benzene rings is 1. The lowest BCUT2D eigenvalue weighted by atomic mass is 10.1. The Hall–Kier alpha value is -2.84. The molecule has 0 saturated heterocycles. The first-order chi connectivity index (χ1) is 10.8. The van der Waals surface area contributed by atoms with Crippen LogP contribution in [0.3, 0.4) is 0 Å². The van der Waals surface area contributed by atoms with Gasteiger partial charge in [0.2, 0.25) is 5.91 Å². The summed E-state index contributed by atoms with van der Waals surface area (Å²) in [5, 5.41) is 2.30. The zero-order chi connectivity index (χ0) is 17.0. The van der Waals surface area contributed by atoms with Gasteiger partial charge >= 0.3 is 6.18 Å². The highest BCUT2D eigenvalue weighted by Crippen LogP contribution is 2.34. The number of aromatic nitrogens is 2. The van der Waals surface area contributed by atoms with Crippen molar-refractivity contribution in [2.24, 2.45) is 0 Å². The summed E-state index contributed by atoms with van der Waals surface area (Å²) in [4.78, 5) is 27.1. The number of hydrogen-bond acceptors (Lipinski definition) is 4. The van der Waals surface area contributed by atoms with Crippen LogP contribution in [0.15, 0.2) is 41.6 Å². The van der Waals surface area contributed by atoms with Gasteiger partial charge in [0, 0.05) is 12.3 Å². The molecular formula is C14H12F3N3O3. The smallest absolute Gasteiger partial charge is 0.416 e. The molecule has 0 unspecified atom stereocenters. The Morgan fingerprint density at radius 3 is 2.70 bits per heavy atom. The van der Waals surface area contributed by atoms with E-state index >= 15 is 0 Å². The average Bonchev–Trinajstić information content (AvgIpc) is 2.48. The zero-order valence-corrected chi connectivity index (χ0v) is 11.9. The highest BCUT2D eigenvalue weighted by atomic mass is 19.4. The number of nitrogens with one attached hydrogen (secondary N) is 1. The van der Waals surface area contributed by atoms with Gasteiger partial charge in [-0.3, -0.25) is 14.2 Å². The summed E-state index contributed by atoms with van der Waals surface area (Å²) in [7, 11) is 1.27. The van der Waals surface area contributed by atoms with Gasteiger partial charge in [0.1, 0.15) is 12.3 Å². The van der Waals surface area contributed by atoms with Gasteiger partial charge < -0.3 is 10.1 Å². The summed E-state index contributed by atoms with van der Waals surface area (Å²) in [6.07, 6.45) is -2.12. The minimum absolute atomic E-state index is 0.0740. The maximum atomic E-state index is 12.7. The molecule has 0 fully saturated rings. The molecule has 0 radical (unpaired) electrons. The molecule has 0 spiro atoms. The van der Waals surface area contributed by atoms with Gasteiger partial charge in [0.25, 0.3) is 5.56 Å². The number of alkyl halides is 3. The molecule has 1 heterocycles. The number of nitrogens with zero attached hydrogens (tertiary/aromatic N) is 2. The van der Waals surface area contributed by atoms with E-state index in [0.29, 0.717) is 0 Å². The first-order valence-corrected chi connectivity index (χ1v) is 6.37. The first kappa shape index (κ1) is 16.5. The summed E-state index contributed by atoms with van der Waals surface area (Å²) >= 11 is 0. The van der Waals surface area contributed by atoms with Crippen molar-refractivity contribution in [1.29, 1.82) is 0 Å². The average molecular weight is 327 g/mol. The lowest BCUT2D eigenvalue weighted by molar-refractivity contribution is -0.137. The van der Waals surface area contributed by atoms with Crippen LogP contribution in [0.25, 0.3) is 0 Å². The second-order valence-corrected chi connectivity index (χ2v) is 4.51. The van der Waals surface area contributed by atoms with E-state index in [1.165, 1.54) is 13.3 Å². The third-order valence-electron chi connectivity index (χ3n) is 2.91. The van der Waals surface area contributed by atoms with Crippen molar-refractivity contribution in [3.8, 4) is 5.75 Å². The molecule has 9 heteroatoms. The molecule has 1 aromatic heterocycles. The largest absolute Gasteiger partial charge is 0.495 e. The molecule has 0 atom stereocenters. The Kier molecular flexibility index (Phi) is 4.68. The van der Waals surface area contributed by atoms with Crippen molar-refractivity contribution >= 4 is 11.6 Å². The monoisotopic (exact) mass is 327 g/mol. The van der Waals surface area contributed by atoms with Gasteiger partial charge in [0.15, 0.2) is 0 Å². The highest BCUT2D eigenvalue weighted by molar-refractivity contribution is 5.92. The van der Waals surface area contributed by atoms with Crippen molar-refractivity contribution < 1.29 is 22.7 Å². The van der Waals surface area contributed by atoms with Gasteiger partial charge in [-0.1, -0.05) is 0 Å². The fourth-order valence-corrected chi connectivity index (χ4v) is 1.82. The number of ether oxygens (including phenoxy) is 1. The van der Waals surface area contributed by atoms with Gasteiger partial charge in [0.05, 0.1) is 24.7 Å². The molecule has 0 aliphatic rings. The molecule has 122 valence electrons. The molecule has 2 aromatic rings. The highest BCUT2D eigenvalue weighted by Gasteiger charge is 2.31. The van der Waals surface area contributed by atoms with Crippen molar-refractivity contribution in [3.63, 3.8) is 0 Å². The lowest BCUT2D eigenvalue weighted by Crippen LogP contribution is -2.27. The van der Waals surface area contributed by atoms with E-state index in [2.05, 4.69) is 10.3 Å². The Bertz CT molecular complexity index is 772. The van der Waals surface area contributed by atoms with Crippen LogP contribution in [0.2, 0.25) is 0 Å². The van der Waals surface area contributed by atoms with E-state index in [9.17, 15) is 22.8 Å². The van der Waals surface area contributed by atoms with Crippen molar-refractivity contribution in [2.75, 3.05) is 12.4 Å². The number of halogens is 3. The number of anilines is 1. The number of rotatable bonds is 4. The molecule has 1 N–H and O–H groups in total. The summed E-state index contributed by atoms with van der Waals surface area (Å²) < 4.78 is 44.1. The van der Waals surface area contributed by atoms with E-state index in [1.54, 1.807) is 0 Å². The molecule has 2 rings (SSSR count). The van der Waals surface area contributed by atoms with Crippen molar-refractivity contribution in [2.45, 2.75) is 12.7 Å². The van der Waals surface area contributed by atoms with Crippen LogP contribution in [-0.4, -0.2) is 22.6 Å². The number of methoxy groups -OCH3 is 1. The van der Waals surface area contributed by atoms with Crippen molar-refractivity contribution in [1.82, 2.24) is 9.55 Å². The summed E-state index contributed by atoms with van der Waals surface area (Å²) in [6.45, 7) is -0.383. The number of carbonyl (C=O) groups is 1. The van der Waals surface area contributed by atoms with E-state index in [1.807, 2.05) is 0 Å². The number of carbonyl (C=O) groups excluding carboxylic acids is 1. The molecular weight excluding hydrogens is 315 g/mol. The SMILES string of the molecule is COc1ccc(C(F)(F)F)cc1NC(=O)Cn1cnccc1=O. The second-order valence-electron chi connectivity index (χ2n) is 4.51. The van der Waals surface area contributed by atoms with Crippen LogP contribution in [-0.2, 0) is 17.5 Å². The summed E-state index contributed by atoms with van der Waals surface area (Å²) in [6, 6.07) is 3.88. The number of hydrogen-bond donors (Lipinski definition) is 1. The van der Waals surface area contributed by atoms with Gasteiger partial charge in [-0.15, -0.1) is 0 Å². The minimum atomic E-state index is -4.55. The fraction of sp³-hybridized carbons (Fsp3) is 0.214. The molecule has 0 aliphatic heterocycles. The van der Waals surface area contributed by atoms with Crippen LogP contribution in [0.4, 0.5) is 18.9 Å². The summed E-state index contributed by atoms with van der Waals surface area (Å²) in [5.74, 6) is -0.609. The van der Waals surface area contributed by atoms with Crippen LogP contribution in [0.5, 0.6) is 5.75 Å². The third-order valence-corrected chi connectivity index (χ3v) is 2.91. The Morgan fingerprint density at radius 1 is 1.35 bits per heavy atom. The first-order valence-electron chi connectivity index (χ1n) is 6.37. The van der Waals surface area contributed by atoms with E-state index in [0.717, 1.165) is 35.2 Å². The lowest BCUT2D eigenvalue weighted by Gasteiger charge is -2.14. The normalized spacial score (nSPS) is 11.1. The Morgan fingerprint density at radius 2 is 2.09 bits per heavy atom. The molecule has 23 heavy (non-hydrogen) atoms. The molecule has 1 aromatic carbocycles. The molecule has 6 nitrogen and oxygen atoms in total. The predicted octanol–water partition coefficient (Wildman–Crippen LogP) is 1.91. The van der Waals surface area contributed by atoms with Crippen LogP contribution in [0, 0.1) is 0 Å². The van der Waals surface area contributed by atoms with Crippen LogP contribution < -0.4 is 15.6 Å². The predicted molar refractivity (Wildman–Crippen MR) is 75.1 cm³/mol. The standard InChI is InChI=1S/C14H12F3N3O3/c1-23-11-3-2-9(14(15,16)17)6-10(11)19-12(21)7-20-8-18-5-4-13(20)22/h2-6,8H,7H2,1H3,(H,19,21). The number of amides is 1. The van der Waals surface area contributed by atoms with Crippen LogP contribution in [0.1, 0.15) is 5.56 Å². The van der Waals surface area contributed by atoms with Gasteiger partial charge in [-0.25, -0.2) is 4.98 Å². The van der Waals surface area contributed by atoms with Gasteiger partial charge in [-0.2, -0.15) is 13.2 Å². The summed E-state index contributed by atoms with van der Waals surface area (Å²) in [5.41, 5.74) is -1.51. The molecule has 1 amide bonds. The molecule has 0 saturated carbocycles. The maximum absolute atomic E-state index is 12.7. The quantitative estimate of drug-likeness (QED) is 0.931. The maximum Gasteiger partial charge on any atom is 0.416 e. The third kappa shape index (κ3) is 4.09. The van der Waals surface area contributed by atoms with Gasteiger partial charge in [-0.05, 0) is 18.2 Å². The molecule has 0 aliphatic carbocycles. The van der Waals surface area contributed by atoms with E-state index in [4.69, 9.17) is 4.74 Å². The zero-order valence-electron chi connectivity index (χ0n) is 11.9.